The number of rotatable bonds is 2. The summed E-state index contributed by atoms with van der Waals surface area (Å²) in [5.74, 6) is -0.740. The molecule has 0 atom stereocenters. The Morgan fingerprint density at radius 2 is 1.76 bits per heavy atom. The van der Waals surface area contributed by atoms with Gasteiger partial charge in [-0.05, 0) is 39.5 Å². The van der Waals surface area contributed by atoms with Crippen molar-refractivity contribution in [3.8, 4) is 0 Å². The molecule has 1 saturated carbocycles. The molecule has 4 nitrogen and oxygen atoms in total. The minimum atomic E-state index is -0.752. The van der Waals surface area contributed by atoms with Crippen molar-refractivity contribution in [1.82, 2.24) is 4.90 Å². The van der Waals surface area contributed by atoms with Crippen LogP contribution in [-0.4, -0.2) is 36.0 Å². The van der Waals surface area contributed by atoms with Gasteiger partial charge in [-0.15, -0.1) is 0 Å². The average Bonchev–Trinajstić information content (AvgIpc) is 2.66. The van der Waals surface area contributed by atoms with E-state index < -0.39 is 17.5 Å². The third kappa shape index (κ3) is 4.75. The lowest BCUT2D eigenvalue weighted by Gasteiger charge is -2.23. The van der Waals surface area contributed by atoms with E-state index in [1.807, 2.05) is 0 Å². The van der Waals surface area contributed by atoms with Crippen LogP contribution in [0.2, 0.25) is 0 Å². The molecule has 4 heteroatoms. The van der Waals surface area contributed by atoms with Crippen molar-refractivity contribution >= 4 is 11.9 Å². The third-order valence-corrected chi connectivity index (χ3v) is 2.93. The molecule has 0 aromatic rings. The number of nitrogens with zero attached hydrogens (tertiary/aromatic N) is 1. The second-order valence-electron chi connectivity index (χ2n) is 5.84. The van der Waals surface area contributed by atoms with Crippen molar-refractivity contribution < 1.29 is 14.3 Å². The topological polar surface area (TPSA) is 46.6 Å². The van der Waals surface area contributed by atoms with Gasteiger partial charge in [-0.25, -0.2) is 4.79 Å². The smallest absolute Gasteiger partial charge is 0.397 e. The molecule has 0 aliphatic heterocycles. The number of hydrogen-bond donors (Lipinski definition) is 0. The minimum absolute atomic E-state index is 0.535. The predicted octanol–water partition coefficient (Wildman–Crippen LogP) is 1.98. The van der Waals surface area contributed by atoms with Crippen LogP contribution in [0.3, 0.4) is 0 Å². The molecule has 1 aliphatic carbocycles. The lowest BCUT2D eigenvalue weighted by molar-refractivity contribution is -0.167. The van der Waals surface area contributed by atoms with Crippen LogP contribution in [0.4, 0.5) is 0 Å². The van der Waals surface area contributed by atoms with Gasteiger partial charge in [0.15, 0.2) is 0 Å². The van der Waals surface area contributed by atoms with E-state index >= 15 is 0 Å². The number of esters is 1. The number of amides is 1. The van der Waals surface area contributed by atoms with Crippen LogP contribution in [0, 0.1) is 5.92 Å². The van der Waals surface area contributed by atoms with Crippen LogP contribution in [0.1, 0.15) is 46.5 Å². The van der Waals surface area contributed by atoms with Gasteiger partial charge in [0.05, 0.1) is 0 Å². The number of ether oxygens (including phenoxy) is 1. The number of carbonyl (C=O) groups excluding carboxylic acids is 2. The van der Waals surface area contributed by atoms with Crippen molar-refractivity contribution in [1.29, 1.82) is 0 Å². The van der Waals surface area contributed by atoms with Gasteiger partial charge in [0.25, 0.3) is 0 Å². The Morgan fingerprint density at radius 1 is 1.24 bits per heavy atom. The molecule has 0 spiro atoms. The van der Waals surface area contributed by atoms with Crippen LogP contribution in [-0.2, 0) is 14.3 Å². The maximum absolute atomic E-state index is 11.8. The first kappa shape index (κ1) is 14.0. The first-order chi connectivity index (χ1) is 7.79. The lowest BCUT2D eigenvalue weighted by Crippen LogP contribution is -2.40. The van der Waals surface area contributed by atoms with Crippen molar-refractivity contribution in [2.24, 2.45) is 5.92 Å². The first-order valence-corrected chi connectivity index (χ1v) is 6.28. The largest absolute Gasteiger partial charge is 0.453 e. The normalized spacial score (nSPS) is 16.9. The zero-order valence-electron chi connectivity index (χ0n) is 11.3. The Bertz CT molecular complexity index is 288. The molecule has 17 heavy (non-hydrogen) atoms. The van der Waals surface area contributed by atoms with E-state index in [4.69, 9.17) is 4.74 Å². The maximum Gasteiger partial charge on any atom is 0.397 e. The summed E-state index contributed by atoms with van der Waals surface area (Å²) in [5, 5.41) is 0. The Hall–Kier alpha value is -1.06. The fraction of sp³-hybridized carbons (Fsp3) is 0.846. The van der Waals surface area contributed by atoms with Crippen LogP contribution >= 0.6 is 0 Å². The third-order valence-electron chi connectivity index (χ3n) is 2.93. The summed E-state index contributed by atoms with van der Waals surface area (Å²) in [6, 6.07) is 0. The second-order valence-corrected chi connectivity index (χ2v) is 5.84. The van der Waals surface area contributed by atoms with Crippen molar-refractivity contribution in [2.75, 3.05) is 13.6 Å². The van der Waals surface area contributed by atoms with E-state index in [0.29, 0.717) is 12.5 Å². The molecule has 0 unspecified atom stereocenters. The summed E-state index contributed by atoms with van der Waals surface area (Å²) < 4.78 is 5.05. The molecule has 0 heterocycles. The van der Waals surface area contributed by atoms with Crippen molar-refractivity contribution in [3.05, 3.63) is 0 Å². The zero-order chi connectivity index (χ0) is 13.1. The van der Waals surface area contributed by atoms with Gasteiger partial charge >= 0.3 is 11.9 Å². The van der Waals surface area contributed by atoms with E-state index in [0.717, 1.165) is 12.8 Å². The van der Waals surface area contributed by atoms with Gasteiger partial charge in [-0.1, -0.05) is 12.8 Å². The van der Waals surface area contributed by atoms with Crippen LogP contribution in [0.15, 0.2) is 0 Å². The standard InChI is InChI=1S/C13H23NO3/c1-13(2,3)17-12(16)11(15)14(4)9-10-7-5-6-8-10/h10H,5-9H2,1-4H3. The molecule has 0 N–H and O–H groups in total. The summed E-state index contributed by atoms with van der Waals surface area (Å²) in [7, 11) is 1.67. The number of carbonyl (C=O) groups is 2. The Balaban J connectivity index is 2.42. The molecule has 0 saturated heterocycles. The average molecular weight is 241 g/mol. The minimum Gasteiger partial charge on any atom is -0.453 e. The van der Waals surface area contributed by atoms with E-state index in [1.165, 1.54) is 17.7 Å². The highest BCUT2D eigenvalue weighted by molar-refractivity contribution is 6.32. The monoisotopic (exact) mass is 241 g/mol. The summed E-state index contributed by atoms with van der Waals surface area (Å²) in [6.07, 6.45) is 4.79. The van der Waals surface area contributed by atoms with Gasteiger partial charge in [0.1, 0.15) is 5.60 Å². The van der Waals surface area contributed by atoms with Crippen molar-refractivity contribution in [3.63, 3.8) is 0 Å². The summed E-state index contributed by atoms with van der Waals surface area (Å²) in [4.78, 5) is 24.8. The van der Waals surface area contributed by atoms with E-state index in [-0.39, 0.29) is 0 Å². The molecular formula is C13H23NO3. The van der Waals surface area contributed by atoms with Gasteiger partial charge in [-0.3, -0.25) is 4.79 Å². The SMILES string of the molecule is CN(CC1CCCC1)C(=O)C(=O)OC(C)(C)C. The first-order valence-electron chi connectivity index (χ1n) is 6.28. The highest BCUT2D eigenvalue weighted by atomic mass is 16.6. The molecule has 0 radical (unpaired) electrons. The fourth-order valence-corrected chi connectivity index (χ4v) is 2.14. The van der Waals surface area contributed by atoms with Gasteiger partial charge in [-0.2, -0.15) is 0 Å². The summed E-state index contributed by atoms with van der Waals surface area (Å²) in [6.45, 7) is 5.94. The molecular weight excluding hydrogens is 218 g/mol. The predicted molar refractivity (Wildman–Crippen MR) is 65.4 cm³/mol. The Kier molecular flexibility index (Phi) is 4.54. The van der Waals surface area contributed by atoms with E-state index in [9.17, 15) is 9.59 Å². The van der Waals surface area contributed by atoms with Crippen molar-refractivity contribution in [2.45, 2.75) is 52.1 Å². The number of hydrogen-bond acceptors (Lipinski definition) is 3. The quantitative estimate of drug-likeness (QED) is 0.548. The molecule has 1 amide bonds. The molecule has 1 fully saturated rings. The Labute approximate surface area is 103 Å². The summed E-state index contributed by atoms with van der Waals surface area (Å²) >= 11 is 0. The molecule has 98 valence electrons. The zero-order valence-corrected chi connectivity index (χ0v) is 11.3. The lowest BCUT2D eigenvalue weighted by atomic mass is 10.1. The van der Waals surface area contributed by atoms with E-state index in [1.54, 1.807) is 27.8 Å². The molecule has 0 aromatic carbocycles. The fourth-order valence-electron chi connectivity index (χ4n) is 2.14. The highest BCUT2D eigenvalue weighted by Gasteiger charge is 2.27. The molecule has 1 rings (SSSR count). The molecule has 0 aromatic heterocycles. The molecule has 0 bridgehead atoms. The highest BCUT2D eigenvalue weighted by Crippen LogP contribution is 2.25. The Morgan fingerprint density at radius 3 is 2.24 bits per heavy atom. The molecule has 1 aliphatic rings. The van der Waals surface area contributed by atoms with Crippen LogP contribution in [0.25, 0.3) is 0 Å². The maximum atomic E-state index is 11.8. The van der Waals surface area contributed by atoms with Gasteiger partial charge < -0.3 is 9.64 Å². The number of likely N-dealkylation sites (N-methyl/N-ethyl adjacent to an activating group) is 1. The summed E-state index contributed by atoms with van der Waals surface area (Å²) in [5.41, 5.74) is -0.610. The van der Waals surface area contributed by atoms with E-state index in [2.05, 4.69) is 0 Å². The van der Waals surface area contributed by atoms with Crippen LogP contribution in [0.5, 0.6) is 0 Å². The van der Waals surface area contributed by atoms with Crippen LogP contribution < -0.4 is 0 Å². The second kappa shape index (κ2) is 5.52. The van der Waals surface area contributed by atoms with Gasteiger partial charge in [0.2, 0.25) is 0 Å². The van der Waals surface area contributed by atoms with Gasteiger partial charge in [0, 0.05) is 13.6 Å².